The van der Waals surface area contributed by atoms with Gasteiger partial charge in [0.25, 0.3) is 0 Å². The Kier molecular flexibility index (Phi) is 11.6. The zero-order valence-electron chi connectivity index (χ0n) is 11.4. The third-order valence-electron chi connectivity index (χ3n) is 2.07. The molecule has 0 aliphatic carbocycles. The molecule has 0 bridgehead atoms. The first-order valence-corrected chi connectivity index (χ1v) is 5.93. The van der Waals surface area contributed by atoms with E-state index in [4.69, 9.17) is 15.3 Å². The summed E-state index contributed by atoms with van der Waals surface area (Å²) in [6, 6.07) is 0. The van der Waals surface area contributed by atoms with Crippen LogP contribution in [0.2, 0.25) is 0 Å². The predicted molar refractivity (Wildman–Crippen MR) is 67.9 cm³/mol. The topological polar surface area (TPSA) is 89.8 Å². The van der Waals surface area contributed by atoms with Crippen LogP contribution in [0.3, 0.4) is 0 Å². The molecule has 0 unspecified atom stereocenters. The molecule has 17 heavy (non-hydrogen) atoms. The summed E-state index contributed by atoms with van der Waals surface area (Å²) in [5, 5.41) is 27.8. The van der Waals surface area contributed by atoms with E-state index < -0.39 is 11.4 Å². The first-order chi connectivity index (χ1) is 7.77. The van der Waals surface area contributed by atoms with Gasteiger partial charge >= 0.3 is 5.97 Å². The average molecular weight is 249 g/mol. The van der Waals surface area contributed by atoms with E-state index in [9.17, 15) is 4.79 Å². The summed E-state index contributed by atoms with van der Waals surface area (Å²) in [5.41, 5.74) is -0.561. The highest BCUT2D eigenvalue weighted by molar-refractivity contribution is 5.73. The van der Waals surface area contributed by atoms with Crippen molar-refractivity contribution in [3.05, 3.63) is 0 Å². The molecule has 0 heterocycles. The van der Waals surface area contributed by atoms with Gasteiger partial charge in [0, 0.05) is 13.1 Å². The molecule has 0 amide bonds. The number of carbonyl (C=O) groups is 1. The number of hydrogen-bond donors (Lipinski definition) is 4. The van der Waals surface area contributed by atoms with Crippen LogP contribution in [0.5, 0.6) is 0 Å². The number of hydrogen-bond acceptors (Lipinski definition) is 4. The van der Waals surface area contributed by atoms with Gasteiger partial charge in [-0.25, -0.2) is 0 Å². The largest absolute Gasteiger partial charge is 0.481 e. The van der Waals surface area contributed by atoms with Gasteiger partial charge in [-0.3, -0.25) is 4.79 Å². The maximum absolute atomic E-state index is 10.6. The highest BCUT2D eigenvalue weighted by atomic mass is 16.4. The number of aliphatic hydroxyl groups excluding tert-OH is 2. The molecule has 5 nitrogen and oxygen atoms in total. The minimum Gasteiger partial charge on any atom is -0.481 e. The monoisotopic (exact) mass is 249 g/mol. The molecule has 0 aliphatic rings. The van der Waals surface area contributed by atoms with Crippen LogP contribution in [0, 0.1) is 11.3 Å². The fourth-order valence-electron chi connectivity index (χ4n) is 1.39. The Labute approximate surface area is 104 Å². The summed E-state index contributed by atoms with van der Waals surface area (Å²) in [6.07, 6.45) is 0.738. The van der Waals surface area contributed by atoms with E-state index in [1.165, 1.54) is 0 Å². The first-order valence-electron chi connectivity index (χ1n) is 5.93. The van der Waals surface area contributed by atoms with Crippen LogP contribution in [0.4, 0.5) is 0 Å². The summed E-state index contributed by atoms with van der Waals surface area (Å²) in [7, 11) is 0. The standard InChI is InChI=1S/C8H16O2.C4H11NO2/c1-6(2)5-8(3,4)7(9)10;6-3-1-5-2-4-7/h6H,5H2,1-4H3,(H,9,10);5-7H,1-4H2. The fraction of sp³-hybridized carbons (Fsp3) is 0.917. The molecule has 0 spiro atoms. The zero-order valence-corrected chi connectivity index (χ0v) is 11.4. The van der Waals surface area contributed by atoms with Crippen LogP contribution in [0.15, 0.2) is 0 Å². The van der Waals surface area contributed by atoms with Gasteiger partial charge in [-0.15, -0.1) is 0 Å². The molecule has 0 saturated heterocycles. The molecule has 0 aromatic carbocycles. The summed E-state index contributed by atoms with van der Waals surface area (Å²) in [5.74, 6) is -0.257. The molecule has 0 radical (unpaired) electrons. The van der Waals surface area contributed by atoms with Crippen LogP contribution in [-0.2, 0) is 4.79 Å². The Bertz CT molecular complexity index is 189. The van der Waals surface area contributed by atoms with Gasteiger partial charge in [-0.2, -0.15) is 0 Å². The van der Waals surface area contributed by atoms with Crippen molar-refractivity contribution in [1.82, 2.24) is 5.32 Å². The Balaban J connectivity index is 0. The van der Waals surface area contributed by atoms with Gasteiger partial charge in [-0.05, 0) is 26.2 Å². The lowest BCUT2D eigenvalue weighted by atomic mass is 9.84. The molecule has 0 saturated carbocycles. The van der Waals surface area contributed by atoms with Crippen molar-refractivity contribution in [2.24, 2.45) is 11.3 Å². The predicted octanol–water partition coefficient (Wildman–Crippen LogP) is 0.704. The third kappa shape index (κ3) is 13.3. The fourth-order valence-corrected chi connectivity index (χ4v) is 1.39. The van der Waals surface area contributed by atoms with Gasteiger partial charge in [0.2, 0.25) is 0 Å². The Hall–Kier alpha value is -0.650. The third-order valence-corrected chi connectivity index (χ3v) is 2.07. The van der Waals surface area contributed by atoms with Gasteiger partial charge in [-0.1, -0.05) is 13.8 Å². The molecule has 104 valence electrons. The van der Waals surface area contributed by atoms with Crippen LogP contribution >= 0.6 is 0 Å². The van der Waals surface area contributed by atoms with Crippen molar-refractivity contribution in [2.45, 2.75) is 34.1 Å². The summed E-state index contributed by atoms with van der Waals surface area (Å²) in [4.78, 5) is 10.6. The highest BCUT2D eigenvalue weighted by Gasteiger charge is 2.27. The lowest BCUT2D eigenvalue weighted by Gasteiger charge is -2.20. The SMILES string of the molecule is CC(C)CC(C)(C)C(=O)O.OCCNCCO. The molecule has 0 atom stereocenters. The van der Waals surface area contributed by atoms with Crippen LogP contribution in [0.1, 0.15) is 34.1 Å². The summed E-state index contributed by atoms with van der Waals surface area (Å²) < 4.78 is 0. The zero-order chi connectivity index (χ0) is 13.9. The quantitative estimate of drug-likeness (QED) is 0.499. The molecule has 0 fully saturated rings. The van der Waals surface area contributed by atoms with E-state index in [0.717, 1.165) is 6.42 Å². The maximum atomic E-state index is 10.6. The van der Waals surface area contributed by atoms with E-state index in [-0.39, 0.29) is 13.2 Å². The van der Waals surface area contributed by atoms with Crippen LogP contribution in [-0.4, -0.2) is 47.6 Å². The Morgan fingerprint density at radius 2 is 1.59 bits per heavy atom. The second-order valence-electron chi connectivity index (χ2n) is 4.98. The molecule has 0 aromatic rings. The smallest absolute Gasteiger partial charge is 0.309 e. The maximum Gasteiger partial charge on any atom is 0.309 e. The summed E-state index contributed by atoms with van der Waals surface area (Å²) >= 11 is 0. The summed E-state index contributed by atoms with van der Waals surface area (Å²) in [6.45, 7) is 9.00. The van der Waals surface area contributed by atoms with Crippen molar-refractivity contribution in [3.63, 3.8) is 0 Å². The number of nitrogens with one attached hydrogen (secondary N) is 1. The highest BCUT2D eigenvalue weighted by Crippen LogP contribution is 2.24. The molecule has 5 heteroatoms. The average Bonchev–Trinajstić information content (AvgIpc) is 2.17. The number of rotatable bonds is 7. The number of aliphatic carboxylic acids is 1. The minimum absolute atomic E-state index is 0.139. The number of aliphatic hydroxyl groups is 2. The van der Waals surface area contributed by atoms with E-state index >= 15 is 0 Å². The number of carboxylic acid groups (broad SMARTS) is 1. The van der Waals surface area contributed by atoms with Crippen molar-refractivity contribution < 1.29 is 20.1 Å². The van der Waals surface area contributed by atoms with Crippen molar-refractivity contribution in [2.75, 3.05) is 26.3 Å². The minimum atomic E-state index is -0.707. The number of carboxylic acids is 1. The van der Waals surface area contributed by atoms with Crippen LogP contribution in [0.25, 0.3) is 0 Å². The van der Waals surface area contributed by atoms with Crippen LogP contribution < -0.4 is 5.32 Å². The van der Waals surface area contributed by atoms with Gasteiger partial charge in [0.15, 0.2) is 0 Å². The molecule has 0 rings (SSSR count). The normalized spacial score (nSPS) is 11.0. The molecule has 0 aromatic heterocycles. The van der Waals surface area contributed by atoms with E-state index in [1.54, 1.807) is 13.8 Å². The molecular formula is C12H27NO4. The molecule has 4 N–H and O–H groups in total. The van der Waals surface area contributed by atoms with Crippen molar-refractivity contribution in [1.29, 1.82) is 0 Å². The molecular weight excluding hydrogens is 222 g/mol. The molecule has 0 aliphatic heterocycles. The van der Waals surface area contributed by atoms with E-state index in [0.29, 0.717) is 19.0 Å². The Morgan fingerprint density at radius 1 is 1.18 bits per heavy atom. The lowest BCUT2D eigenvalue weighted by molar-refractivity contribution is -0.147. The van der Waals surface area contributed by atoms with E-state index in [1.807, 2.05) is 13.8 Å². The lowest BCUT2D eigenvalue weighted by Crippen LogP contribution is -2.25. The Morgan fingerprint density at radius 3 is 1.76 bits per heavy atom. The van der Waals surface area contributed by atoms with Crippen molar-refractivity contribution in [3.8, 4) is 0 Å². The second kappa shape index (κ2) is 10.5. The van der Waals surface area contributed by atoms with Gasteiger partial charge in [0.05, 0.1) is 18.6 Å². The van der Waals surface area contributed by atoms with Gasteiger partial charge < -0.3 is 20.6 Å². The van der Waals surface area contributed by atoms with Gasteiger partial charge in [0.1, 0.15) is 0 Å². The first kappa shape index (κ1) is 18.7. The second-order valence-corrected chi connectivity index (χ2v) is 4.98. The van der Waals surface area contributed by atoms with Crippen molar-refractivity contribution >= 4 is 5.97 Å². The van der Waals surface area contributed by atoms with E-state index in [2.05, 4.69) is 5.32 Å².